The fourth-order valence-corrected chi connectivity index (χ4v) is 4.09. The highest BCUT2D eigenvalue weighted by Crippen LogP contribution is 2.46. The van der Waals surface area contributed by atoms with E-state index in [2.05, 4.69) is 35.1 Å². The van der Waals surface area contributed by atoms with Crippen molar-refractivity contribution in [1.82, 2.24) is 9.88 Å². The van der Waals surface area contributed by atoms with E-state index in [-0.39, 0.29) is 40.5 Å². The van der Waals surface area contributed by atoms with E-state index in [9.17, 15) is 9.59 Å². The van der Waals surface area contributed by atoms with Gasteiger partial charge in [0.25, 0.3) is 11.5 Å². The molecule has 1 aliphatic rings. The molecule has 2 rings (SSSR count). The lowest BCUT2D eigenvalue weighted by molar-refractivity contribution is -0.141. The first-order valence-electron chi connectivity index (χ1n) is 7.32. The van der Waals surface area contributed by atoms with Gasteiger partial charge in [0.2, 0.25) is 0 Å². The quantitative estimate of drug-likeness (QED) is 0.887. The topological polar surface area (TPSA) is 60.3 Å². The number of rotatable bonds is 3. The molecule has 1 N–H and O–H groups in total. The maximum absolute atomic E-state index is 12.5. The standard InChI is InChI=1S/C16H23BrN2O3/c1-8-12(16(3,4)13(8)22-6)18-14(20)10-7-11(17)9(2)19(5)15(10)21/h7-8,12-13H,1-6H3,(H,18,20). The molecule has 22 heavy (non-hydrogen) atoms. The minimum atomic E-state index is -0.333. The summed E-state index contributed by atoms with van der Waals surface area (Å²) in [7, 11) is 3.35. The highest BCUT2D eigenvalue weighted by atomic mass is 79.9. The van der Waals surface area contributed by atoms with Crippen molar-refractivity contribution in [3.63, 3.8) is 0 Å². The van der Waals surface area contributed by atoms with Gasteiger partial charge in [0.15, 0.2) is 0 Å². The van der Waals surface area contributed by atoms with Gasteiger partial charge >= 0.3 is 0 Å². The molecule has 0 radical (unpaired) electrons. The first kappa shape index (κ1) is 17.2. The van der Waals surface area contributed by atoms with Crippen molar-refractivity contribution >= 4 is 21.8 Å². The molecular formula is C16H23BrN2O3. The summed E-state index contributed by atoms with van der Waals surface area (Å²) in [6.07, 6.45) is 0.102. The van der Waals surface area contributed by atoms with Crippen LogP contribution in [0.5, 0.6) is 0 Å². The predicted molar refractivity (Wildman–Crippen MR) is 89.1 cm³/mol. The lowest BCUT2D eigenvalue weighted by atomic mass is 9.58. The van der Waals surface area contributed by atoms with Crippen LogP contribution in [0.15, 0.2) is 15.3 Å². The Labute approximate surface area is 139 Å². The fraction of sp³-hybridized carbons (Fsp3) is 0.625. The Morgan fingerprint density at radius 2 is 2.05 bits per heavy atom. The third kappa shape index (κ3) is 2.52. The smallest absolute Gasteiger partial charge is 0.263 e. The first-order chi connectivity index (χ1) is 10.1. The Hall–Kier alpha value is -1.14. The molecule has 6 heteroatoms. The normalized spacial score (nSPS) is 26.4. The van der Waals surface area contributed by atoms with E-state index < -0.39 is 0 Å². The van der Waals surface area contributed by atoms with Gasteiger partial charge in [-0.05, 0) is 28.9 Å². The minimum absolute atomic E-state index is 0.0188. The lowest BCUT2D eigenvalue weighted by Gasteiger charge is -2.56. The van der Waals surface area contributed by atoms with Crippen LogP contribution in [-0.2, 0) is 11.8 Å². The molecular weight excluding hydrogens is 348 g/mol. The van der Waals surface area contributed by atoms with E-state index in [1.807, 2.05) is 13.8 Å². The molecule has 0 aliphatic heterocycles. The largest absolute Gasteiger partial charge is 0.380 e. The van der Waals surface area contributed by atoms with Gasteiger partial charge in [-0.2, -0.15) is 0 Å². The van der Waals surface area contributed by atoms with Gasteiger partial charge in [0.05, 0.1) is 6.10 Å². The van der Waals surface area contributed by atoms with Gasteiger partial charge in [0.1, 0.15) is 5.56 Å². The number of carbonyl (C=O) groups excluding carboxylic acids is 1. The SMILES string of the molecule is COC1C(C)C(NC(=O)c2cc(Br)c(C)n(C)c2=O)C1(C)C. The average molecular weight is 371 g/mol. The second-order valence-corrected chi connectivity index (χ2v) is 7.50. The van der Waals surface area contributed by atoms with E-state index >= 15 is 0 Å². The molecule has 0 saturated heterocycles. The second kappa shape index (κ2) is 5.81. The zero-order valence-corrected chi connectivity index (χ0v) is 15.4. The zero-order valence-electron chi connectivity index (χ0n) is 13.9. The maximum atomic E-state index is 12.5. The first-order valence-corrected chi connectivity index (χ1v) is 8.12. The number of halogens is 1. The molecule has 1 aromatic heterocycles. The average Bonchev–Trinajstić information content (AvgIpc) is 2.46. The number of methoxy groups -OCH3 is 1. The van der Waals surface area contributed by atoms with Crippen LogP contribution in [-0.4, -0.2) is 29.7 Å². The number of amides is 1. The van der Waals surface area contributed by atoms with Gasteiger partial charge in [-0.25, -0.2) is 0 Å². The van der Waals surface area contributed by atoms with E-state index in [0.717, 1.165) is 10.2 Å². The van der Waals surface area contributed by atoms with Crippen LogP contribution in [0.3, 0.4) is 0 Å². The second-order valence-electron chi connectivity index (χ2n) is 6.64. The number of nitrogens with one attached hydrogen (secondary N) is 1. The van der Waals surface area contributed by atoms with Crippen molar-refractivity contribution < 1.29 is 9.53 Å². The Balaban J connectivity index is 2.27. The Bertz CT molecular complexity index is 666. The van der Waals surface area contributed by atoms with Gasteiger partial charge in [-0.3, -0.25) is 9.59 Å². The molecule has 0 spiro atoms. The molecule has 5 nitrogen and oxygen atoms in total. The predicted octanol–water partition coefficient (Wildman–Crippen LogP) is 2.25. The van der Waals surface area contributed by atoms with E-state index in [4.69, 9.17) is 4.74 Å². The molecule has 1 heterocycles. The number of carbonyl (C=O) groups is 1. The third-order valence-electron chi connectivity index (χ3n) is 4.98. The summed E-state index contributed by atoms with van der Waals surface area (Å²) in [6.45, 7) is 8.01. The van der Waals surface area contributed by atoms with Gasteiger partial charge in [-0.1, -0.05) is 20.8 Å². The van der Waals surface area contributed by atoms with Crippen LogP contribution in [0.4, 0.5) is 0 Å². The summed E-state index contributed by atoms with van der Waals surface area (Å²) in [5, 5.41) is 3.00. The maximum Gasteiger partial charge on any atom is 0.263 e. The van der Waals surface area contributed by atoms with Crippen LogP contribution in [0.2, 0.25) is 0 Å². The summed E-state index contributed by atoms with van der Waals surface area (Å²) < 4.78 is 7.71. The Morgan fingerprint density at radius 1 is 1.45 bits per heavy atom. The number of aromatic nitrogens is 1. The summed E-state index contributed by atoms with van der Waals surface area (Å²) in [5.74, 6) is -0.123. The van der Waals surface area contributed by atoms with Crippen LogP contribution < -0.4 is 10.9 Å². The molecule has 0 aromatic carbocycles. The van der Waals surface area contributed by atoms with E-state index in [1.54, 1.807) is 20.2 Å². The molecule has 1 aromatic rings. The minimum Gasteiger partial charge on any atom is -0.380 e. The van der Waals surface area contributed by atoms with Crippen molar-refractivity contribution in [2.45, 2.75) is 39.8 Å². The molecule has 122 valence electrons. The number of hydrogen-bond donors (Lipinski definition) is 1. The Kier molecular flexibility index (Phi) is 4.55. The van der Waals surface area contributed by atoms with Crippen LogP contribution in [0.1, 0.15) is 36.8 Å². The van der Waals surface area contributed by atoms with Crippen LogP contribution >= 0.6 is 15.9 Å². The van der Waals surface area contributed by atoms with Crippen molar-refractivity contribution in [2.24, 2.45) is 18.4 Å². The lowest BCUT2D eigenvalue weighted by Crippen LogP contribution is -2.68. The Morgan fingerprint density at radius 3 is 2.55 bits per heavy atom. The highest BCUT2D eigenvalue weighted by molar-refractivity contribution is 9.10. The summed E-state index contributed by atoms with van der Waals surface area (Å²) in [5.41, 5.74) is 0.505. The molecule has 1 amide bonds. The van der Waals surface area contributed by atoms with Gasteiger partial charge < -0.3 is 14.6 Å². The zero-order chi connectivity index (χ0) is 16.8. The number of hydrogen-bond acceptors (Lipinski definition) is 3. The monoisotopic (exact) mass is 370 g/mol. The van der Waals surface area contributed by atoms with Crippen LogP contribution in [0.25, 0.3) is 0 Å². The van der Waals surface area contributed by atoms with Gasteiger partial charge in [-0.15, -0.1) is 0 Å². The van der Waals surface area contributed by atoms with Crippen molar-refractivity contribution in [2.75, 3.05) is 7.11 Å². The van der Waals surface area contributed by atoms with E-state index in [1.165, 1.54) is 4.57 Å². The molecule has 1 fully saturated rings. The molecule has 1 aliphatic carbocycles. The number of pyridine rings is 1. The molecule has 3 unspecified atom stereocenters. The number of ether oxygens (including phenoxy) is 1. The summed E-state index contributed by atoms with van der Waals surface area (Å²) in [6, 6.07) is 1.58. The molecule has 0 bridgehead atoms. The molecule has 3 atom stereocenters. The molecule has 1 saturated carbocycles. The van der Waals surface area contributed by atoms with Crippen molar-refractivity contribution in [3.8, 4) is 0 Å². The number of nitrogens with zero attached hydrogens (tertiary/aromatic N) is 1. The van der Waals surface area contributed by atoms with Crippen LogP contribution in [0, 0.1) is 18.3 Å². The van der Waals surface area contributed by atoms with Gasteiger partial charge in [0, 0.05) is 41.7 Å². The third-order valence-corrected chi connectivity index (χ3v) is 5.78. The highest BCUT2D eigenvalue weighted by Gasteiger charge is 2.55. The van der Waals surface area contributed by atoms with Crippen molar-refractivity contribution in [1.29, 1.82) is 0 Å². The van der Waals surface area contributed by atoms with Crippen molar-refractivity contribution in [3.05, 3.63) is 32.2 Å². The fourth-order valence-electron chi connectivity index (χ4n) is 3.59. The summed E-state index contributed by atoms with van der Waals surface area (Å²) in [4.78, 5) is 24.8. The summed E-state index contributed by atoms with van der Waals surface area (Å²) >= 11 is 3.39. The van der Waals surface area contributed by atoms with E-state index in [0.29, 0.717) is 0 Å².